The summed E-state index contributed by atoms with van der Waals surface area (Å²) in [5.74, 6) is 0.370. The summed E-state index contributed by atoms with van der Waals surface area (Å²) in [4.78, 5) is 2.27. The van der Waals surface area contributed by atoms with Crippen molar-refractivity contribution in [2.45, 2.75) is 25.8 Å². The minimum atomic E-state index is -0.252. The maximum Gasteiger partial charge on any atom is 0.145 e. The van der Waals surface area contributed by atoms with Gasteiger partial charge in [-0.1, -0.05) is 6.92 Å². The number of nitrogens with zero attached hydrogens (tertiary/aromatic N) is 1. The standard InChI is InChI=1S/C14H21FN2O/c1-3-16-12-6-8-17(9-7-12)13-5-4-11(15)10-14(13)18-2/h4-5,10,12,16H,3,6-9H2,1-2H3. The summed E-state index contributed by atoms with van der Waals surface area (Å²) in [5.41, 5.74) is 0.994. The maximum absolute atomic E-state index is 13.2. The van der Waals surface area contributed by atoms with Gasteiger partial charge in [0.2, 0.25) is 0 Å². The molecule has 0 atom stereocenters. The summed E-state index contributed by atoms with van der Waals surface area (Å²) >= 11 is 0. The minimum absolute atomic E-state index is 0.252. The zero-order valence-electron chi connectivity index (χ0n) is 11.1. The molecule has 1 aliphatic heterocycles. The lowest BCUT2D eigenvalue weighted by Crippen LogP contribution is -2.42. The molecular weight excluding hydrogens is 231 g/mol. The molecule has 0 amide bonds. The highest BCUT2D eigenvalue weighted by molar-refractivity contribution is 5.58. The molecule has 2 rings (SSSR count). The summed E-state index contributed by atoms with van der Waals surface area (Å²) in [6, 6.07) is 5.36. The first kappa shape index (κ1) is 13.1. The SMILES string of the molecule is CCNC1CCN(c2ccc(F)cc2OC)CC1. The maximum atomic E-state index is 13.2. The molecule has 0 unspecified atom stereocenters. The Balaban J connectivity index is 2.05. The molecule has 3 nitrogen and oxygen atoms in total. The van der Waals surface area contributed by atoms with Crippen LogP contribution in [0.25, 0.3) is 0 Å². The third kappa shape index (κ3) is 2.93. The molecule has 0 aliphatic carbocycles. The van der Waals surface area contributed by atoms with Crippen LogP contribution in [0.5, 0.6) is 5.75 Å². The molecule has 1 aromatic carbocycles. The van der Waals surface area contributed by atoms with Crippen LogP contribution in [-0.4, -0.2) is 32.8 Å². The Morgan fingerprint density at radius 3 is 2.72 bits per heavy atom. The van der Waals surface area contributed by atoms with Gasteiger partial charge in [-0.25, -0.2) is 4.39 Å². The van der Waals surface area contributed by atoms with Gasteiger partial charge in [0.15, 0.2) is 0 Å². The van der Waals surface area contributed by atoms with E-state index in [2.05, 4.69) is 17.1 Å². The highest BCUT2D eigenvalue weighted by atomic mass is 19.1. The molecule has 0 bridgehead atoms. The molecule has 4 heteroatoms. The average Bonchev–Trinajstić information content (AvgIpc) is 2.40. The van der Waals surface area contributed by atoms with Crippen molar-refractivity contribution < 1.29 is 9.13 Å². The van der Waals surface area contributed by atoms with Crippen molar-refractivity contribution in [3.8, 4) is 5.75 Å². The summed E-state index contributed by atoms with van der Waals surface area (Å²) < 4.78 is 18.4. The van der Waals surface area contributed by atoms with E-state index in [1.165, 1.54) is 12.1 Å². The van der Waals surface area contributed by atoms with E-state index in [4.69, 9.17) is 4.74 Å². The van der Waals surface area contributed by atoms with Gasteiger partial charge in [0, 0.05) is 25.2 Å². The Hall–Kier alpha value is -1.29. The highest BCUT2D eigenvalue weighted by Gasteiger charge is 2.20. The Kier molecular flexibility index (Phi) is 4.42. The first-order valence-electron chi connectivity index (χ1n) is 6.56. The molecule has 1 N–H and O–H groups in total. The smallest absolute Gasteiger partial charge is 0.145 e. The number of nitrogens with one attached hydrogen (secondary N) is 1. The molecule has 1 aromatic rings. The second-order valence-electron chi connectivity index (χ2n) is 4.64. The van der Waals surface area contributed by atoms with Crippen LogP contribution < -0.4 is 15.0 Å². The van der Waals surface area contributed by atoms with Crippen LogP contribution in [0.3, 0.4) is 0 Å². The van der Waals surface area contributed by atoms with E-state index < -0.39 is 0 Å². The lowest BCUT2D eigenvalue weighted by molar-refractivity contribution is 0.399. The molecule has 0 aromatic heterocycles. The predicted molar refractivity (Wildman–Crippen MR) is 71.9 cm³/mol. The Labute approximate surface area is 108 Å². The fourth-order valence-corrected chi connectivity index (χ4v) is 2.53. The molecule has 1 fully saturated rings. The molecule has 1 aliphatic rings. The van der Waals surface area contributed by atoms with E-state index in [0.29, 0.717) is 11.8 Å². The Bertz CT molecular complexity index is 389. The van der Waals surface area contributed by atoms with Gasteiger partial charge in [0.25, 0.3) is 0 Å². The second-order valence-corrected chi connectivity index (χ2v) is 4.64. The van der Waals surface area contributed by atoms with Crippen molar-refractivity contribution in [2.24, 2.45) is 0 Å². The van der Waals surface area contributed by atoms with Crippen LogP contribution >= 0.6 is 0 Å². The van der Waals surface area contributed by atoms with Gasteiger partial charge in [-0.3, -0.25) is 0 Å². The van der Waals surface area contributed by atoms with Crippen molar-refractivity contribution >= 4 is 5.69 Å². The van der Waals surface area contributed by atoms with E-state index in [-0.39, 0.29) is 5.82 Å². The lowest BCUT2D eigenvalue weighted by Gasteiger charge is -2.34. The van der Waals surface area contributed by atoms with Crippen LogP contribution in [0.1, 0.15) is 19.8 Å². The third-order valence-corrected chi connectivity index (χ3v) is 3.47. The summed E-state index contributed by atoms with van der Waals surface area (Å²) in [5, 5.41) is 3.48. The van der Waals surface area contributed by atoms with E-state index >= 15 is 0 Å². The average molecular weight is 252 g/mol. The molecule has 1 saturated heterocycles. The summed E-state index contributed by atoms with van der Waals surface area (Å²) in [6.45, 7) is 5.12. The van der Waals surface area contributed by atoms with Crippen molar-refractivity contribution in [3.05, 3.63) is 24.0 Å². The first-order valence-corrected chi connectivity index (χ1v) is 6.56. The van der Waals surface area contributed by atoms with Gasteiger partial charge in [0.05, 0.1) is 12.8 Å². The van der Waals surface area contributed by atoms with Crippen LogP contribution in [0.2, 0.25) is 0 Å². The zero-order valence-corrected chi connectivity index (χ0v) is 11.1. The zero-order chi connectivity index (χ0) is 13.0. The van der Waals surface area contributed by atoms with Crippen molar-refractivity contribution in [1.82, 2.24) is 5.32 Å². The van der Waals surface area contributed by atoms with Gasteiger partial charge in [-0.2, -0.15) is 0 Å². The third-order valence-electron chi connectivity index (χ3n) is 3.47. The number of hydrogen-bond donors (Lipinski definition) is 1. The normalized spacial score (nSPS) is 16.9. The molecule has 0 saturated carbocycles. The molecule has 0 spiro atoms. The first-order chi connectivity index (χ1) is 8.74. The minimum Gasteiger partial charge on any atom is -0.494 e. The number of halogens is 1. The molecule has 0 radical (unpaired) electrons. The van der Waals surface area contributed by atoms with Gasteiger partial charge in [0.1, 0.15) is 11.6 Å². The van der Waals surface area contributed by atoms with E-state index in [1.807, 2.05) is 6.07 Å². The van der Waals surface area contributed by atoms with Crippen molar-refractivity contribution in [3.63, 3.8) is 0 Å². The van der Waals surface area contributed by atoms with Crippen LogP contribution in [0, 0.1) is 5.82 Å². The second kappa shape index (κ2) is 6.05. The molecular formula is C14H21FN2O. The van der Waals surface area contributed by atoms with E-state index in [0.717, 1.165) is 38.2 Å². The number of piperidine rings is 1. The lowest BCUT2D eigenvalue weighted by atomic mass is 10.0. The van der Waals surface area contributed by atoms with E-state index in [9.17, 15) is 4.39 Å². The van der Waals surface area contributed by atoms with Crippen LogP contribution in [-0.2, 0) is 0 Å². The number of hydrogen-bond acceptors (Lipinski definition) is 3. The van der Waals surface area contributed by atoms with Gasteiger partial charge < -0.3 is 15.0 Å². The van der Waals surface area contributed by atoms with Crippen LogP contribution in [0.15, 0.2) is 18.2 Å². The fraction of sp³-hybridized carbons (Fsp3) is 0.571. The monoisotopic (exact) mass is 252 g/mol. The number of methoxy groups -OCH3 is 1. The predicted octanol–water partition coefficient (Wildman–Crippen LogP) is 2.41. The topological polar surface area (TPSA) is 24.5 Å². The quantitative estimate of drug-likeness (QED) is 0.890. The summed E-state index contributed by atoms with van der Waals surface area (Å²) in [7, 11) is 1.59. The van der Waals surface area contributed by atoms with Gasteiger partial charge in [-0.05, 0) is 31.5 Å². The number of rotatable bonds is 4. The Morgan fingerprint density at radius 2 is 2.11 bits per heavy atom. The summed E-state index contributed by atoms with van der Waals surface area (Å²) in [6.07, 6.45) is 2.24. The van der Waals surface area contributed by atoms with Gasteiger partial charge in [-0.15, -0.1) is 0 Å². The fourth-order valence-electron chi connectivity index (χ4n) is 2.53. The largest absolute Gasteiger partial charge is 0.494 e. The molecule has 18 heavy (non-hydrogen) atoms. The Morgan fingerprint density at radius 1 is 1.39 bits per heavy atom. The van der Waals surface area contributed by atoms with Gasteiger partial charge >= 0.3 is 0 Å². The van der Waals surface area contributed by atoms with Crippen LogP contribution in [0.4, 0.5) is 10.1 Å². The van der Waals surface area contributed by atoms with E-state index in [1.54, 1.807) is 7.11 Å². The number of benzene rings is 1. The highest BCUT2D eigenvalue weighted by Crippen LogP contribution is 2.30. The van der Waals surface area contributed by atoms with Crippen molar-refractivity contribution in [2.75, 3.05) is 31.6 Å². The number of anilines is 1. The van der Waals surface area contributed by atoms with Crippen molar-refractivity contribution in [1.29, 1.82) is 0 Å². The molecule has 100 valence electrons. The molecule has 1 heterocycles. The number of ether oxygens (including phenoxy) is 1.